The summed E-state index contributed by atoms with van der Waals surface area (Å²) >= 11 is 0. The van der Waals surface area contributed by atoms with Crippen LogP contribution in [0.3, 0.4) is 0 Å². The molecule has 2 N–H and O–H groups in total. The Hall–Kier alpha value is -0.690. The van der Waals surface area contributed by atoms with Gasteiger partial charge in [0.1, 0.15) is 5.60 Å². The van der Waals surface area contributed by atoms with Crippen LogP contribution < -0.4 is 0 Å². The highest BCUT2D eigenvalue weighted by molar-refractivity contribution is 5.66. The van der Waals surface area contributed by atoms with Crippen molar-refractivity contribution in [3.8, 4) is 0 Å². The molecule has 168 valence electrons. The summed E-state index contributed by atoms with van der Waals surface area (Å²) in [7, 11) is 1.60. The molecule has 2 bridgehead atoms. The van der Waals surface area contributed by atoms with Crippen LogP contribution in [-0.2, 0) is 19.0 Å². The highest BCUT2D eigenvalue weighted by Crippen LogP contribution is 2.58. The lowest BCUT2D eigenvalue weighted by molar-refractivity contribution is -0.178. The first kappa shape index (κ1) is 23.0. The lowest BCUT2D eigenvalue weighted by Crippen LogP contribution is -2.57. The predicted octanol–water partition coefficient (Wildman–Crippen LogP) is 3.07. The monoisotopic (exact) mass is 412 g/mol. The number of fused-ring (bicyclic) bond motifs is 5. The van der Waals surface area contributed by atoms with Crippen LogP contribution >= 0.6 is 0 Å². The number of esters is 1. The van der Waals surface area contributed by atoms with Crippen LogP contribution in [0.4, 0.5) is 0 Å². The Morgan fingerprint density at radius 2 is 1.76 bits per heavy atom. The van der Waals surface area contributed by atoms with Gasteiger partial charge in [0.25, 0.3) is 0 Å². The van der Waals surface area contributed by atoms with Crippen LogP contribution in [0.2, 0.25) is 0 Å². The second-order valence-corrected chi connectivity index (χ2v) is 10.7. The van der Waals surface area contributed by atoms with E-state index in [9.17, 15) is 15.0 Å². The number of rotatable bonds is 3. The van der Waals surface area contributed by atoms with E-state index in [1.54, 1.807) is 14.0 Å². The third-order valence-electron chi connectivity index (χ3n) is 8.01. The van der Waals surface area contributed by atoms with Gasteiger partial charge in [-0.25, -0.2) is 0 Å². The fourth-order valence-corrected chi connectivity index (χ4v) is 6.65. The van der Waals surface area contributed by atoms with Gasteiger partial charge in [0.15, 0.2) is 0 Å². The Morgan fingerprint density at radius 1 is 1.10 bits per heavy atom. The Labute approximate surface area is 175 Å². The lowest BCUT2D eigenvalue weighted by atomic mass is 9.57. The van der Waals surface area contributed by atoms with Crippen molar-refractivity contribution >= 4 is 5.97 Å². The van der Waals surface area contributed by atoms with Crippen molar-refractivity contribution < 1.29 is 29.2 Å². The predicted molar refractivity (Wildman–Crippen MR) is 109 cm³/mol. The molecular weight excluding hydrogens is 372 g/mol. The van der Waals surface area contributed by atoms with Gasteiger partial charge in [0, 0.05) is 32.3 Å². The summed E-state index contributed by atoms with van der Waals surface area (Å²) in [5.41, 5.74) is -2.81. The number of carbonyl (C=O) groups is 1. The second-order valence-electron chi connectivity index (χ2n) is 10.7. The number of aliphatic hydroxyl groups is 2. The normalized spacial score (nSPS) is 50.4. The van der Waals surface area contributed by atoms with Gasteiger partial charge in [0.2, 0.25) is 0 Å². The molecule has 29 heavy (non-hydrogen) atoms. The first-order chi connectivity index (χ1) is 13.3. The molecule has 1 aliphatic carbocycles. The molecule has 0 aromatic rings. The lowest BCUT2D eigenvalue weighted by Gasteiger charge is -2.51. The average Bonchev–Trinajstić information content (AvgIpc) is 2.95. The summed E-state index contributed by atoms with van der Waals surface area (Å²) < 4.78 is 18.1. The molecule has 3 aliphatic rings. The van der Waals surface area contributed by atoms with Crippen molar-refractivity contribution in [2.45, 2.75) is 109 Å². The Balaban J connectivity index is 2.09. The van der Waals surface area contributed by atoms with Crippen molar-refractivity contribution in [2.24, 2.45) is 23.7 Å². The molecule has 2 saturated heterocycles. The molecule has 1 saturated carbocycles. The van der Waals surface area contributed by atoms with Crippen molar-refractivity contribution in [1.82, 2.24) is 0 Å². The highest BCUT2D eigenvalue weighted by Gasteiger charge is 2.64. The van der Waals surface area contributed by atoms with E-state index in [2.05, 4.69) is 13.8 Å². The molecule has 0 aromatic carbocycles. The summed E-state index contributed by atoms with van der Waals surface area (Å²) in [4.78, 5) is 12.0. The van der Waals surface area contributed by atoms with Gasteiger partial charge in [-0.15, -0.1) is 0 Å². The third kappa shape index (κ3) is 4.10. The quantitative estimate of drug-likeness (QED) is 0.693. The van der Waals surface area contributed by atoms with E-state index in [0.717, 1.165) is 12.8 Å². The van der Waals surface area contributed by atoms with Gasteiger partial charge in [-0.2, -0.15) is 0 Å². The number of hydrogen-bond acceptors (Lipinski definition) is 6. The van der Waals surface area contributed by atoms with Gasteiger partial charge < -0.3 is 24.4 Å². The molecular formula is C23H40O6. The maximum Gasteiger partial charge on any atom is 0.303 e. The molecule has 2 aliphatic heterocycles. The number of carbonyl (C=O) groups excluding carboxylic acids is 1. The van der Waals surface area contributed by atoms with E-state index in [1.165, 1.54) is 6.92 Å². The molecule has 9 atom stereocenters. The first-order valence-corrected chi connectivity index (χ1v) is 11.1. The van der Waals surface area contributed by atoms with Crippen LogP contribution in [-0.4, -0.2) is 58.4 Å². The third-order valence-corrected chi connectivity index (χ3v) is 8.01. The maximum absolute atomic E-state index is 12.0. The zero-order valence-corrected chi connectivity index (χ0v) is 19.1. The average molecular weight is 413 g/mol. The van der Waals surface area contributed by atoms with E-state index in [-0.39, 0.29) is 36.1 Å². The van der Waals surface area contributed by atoms with E-state index in [0.29, 0.717) is 31.1 Å². The van der Waals surface area contributed by atoms with E-state index in [1.807, 2.05) is 13.8 Å². The minimum Gasteiger partial charge on any atom is -0.459 e. The molecule has 0 amide bonds. The molecule has 6 heteroatoms. The summed E-state index contributed by atoms with van der Waals surface area (Å²) in [6, 6.07) is 0. The molecule has 0 aromatic heterocycles. The van der Waals surface area contributed by atoms with E-state index >= 15 is 0 Å². The second kappa shape index (κ2) is 7.77. The first-order valence-electron chi connectivity index (χ1n) is 11.1. The van der Waals surface area contributed by atoms with E-state index < -0.39 is 16.8 Å². The van der Waals surface area contributed by atoms with Gasteiger partial charge >= 0.3 is 5.97 Å². The van der Waals surface area contributed by atoms with Crippen LogP contribution in [0.5, 0.6) is 0 Å². The van der Waals surface area contributed by atoms with Crippen molar-refractivity contribution in [3.63, 3.8) is 0 Å². The van der Waals surface area contributed by atoms with Crippen LogP contribution in [0.1, 0.15) is 73.6 Å². The Kier molecular flexibility index (Phi) is 6.16. The van der Waals surface area contributed by atoms with Gasteiger partial charge in [-0.3, -0.25) is 4.79 Å². The number of hydrogen-bond donors (Lipinski definition) is 2. The molecule has 2 heterocycles. The zero-order valence-electron chi connectivity index (χ0n) is 19.1. The van der Waals surface area contributed by atoms with Crippen molar-refractivity contribution in [2.75, 3.05) is 7.11 Å². The molecule has 0 spiro atoms. The summed E-state index contributed by atoms with van der Waals surface area (Å²) in [5.74, 6) is 0.499. The summed E-state index contributed by atoms with van der Waals surface area (Å²) in [6.07, 6.45) is 2.08. The van der Waals surface area contributed by atoms with Crippen LogP contribution in [0.25, 0.3) is 0 Å². The molecule has 0 unspecified atom stereocenters. The largest absolute Gasteiger partial charge is 0.459 e. The van der Waals surface area contributed by atoms with Gasteiger partial charge in [-0.1, -0.05) is 13.8 Å². The smallest absolute Gasteiger partial charge is 0.303 e. The standard InChI is InChI=1S/C23H40O6/c1-13(2)15-8-11-23(6,29-14(3)24)19-16-12-22(5,26)17(27-7)9-10-21(4,25)20(28-16)18(15)19/h13,15-20,25-26H,8-12H2,1-7H3/t15-,16-,17+,18-,19-,20-,21-,22+,23-/m1/s1. The summed E-state index contributed by atoms with van der Waals surface area (Å²) in [6.45, 7) is 11.5. The molecule has 3 fully saturated rings. The number of ether oxygens (including phenoxy) is 3. The van der Waals surface area contributed by atoms with E-state index in [4.69, 9.17) is 14.2 Å². The van der Waals surface area contributed by atoms with Crippen LogP contribution in [0, 0.1) is 23.7 Å². The highest BCUT2D eigenvalue weighted by atomic mass is 16.6. The molecule has 6 nitrogen and oxygen atoms in total. The van der Waals surface area contributed by atoms with Gasteiger partial charge in [0.05, 0.1) is 29.5 Å². The summed E-state index contributed by atoms with van der Waals surface area (Å²) in [5, 5.41) is 22.8. The zero-order chi connectivity index (χ0) is 21.8. The Bertz CT molecular complexity index is 614. The molecule has 3 rings (SSSR count). The van der Waals surface area contributed by atoms with Gasteiger partial charge in [-0.05, 0) is 58.3 Å². The Morgan fingerprint density at radius 3 is 2.31 bits per heavy atom. The fraction of sp³-hybridized carbons (Fsp3) is 0.957. The SMILES string of the molecule is CO[C@H]1CC[C@@](C)(O)[C@@H]2O[C@H](C[C@]1(C)O)[C@@H]1[C@H]2[C@@H](C(C)C)CC[C@@]1(C)OC(C)=O. The van der Waals surface area contributed by atoms with Crippen LogP contribution in [0.15, 0.2) is 0 Å². The topological polar surface area (TPSA) is 85.2 Å². The minimum atomic E-state index is -1.10. The number of methoxy groups -OCH3 is 1. The van der Waals surface area contributed by atoms with Crippen molar-refractivity contribution in [1.29, 1.82) is 0 Å². The molecule has 0 radical (unpaired) electrons. The minimum absolute atomic E-state index is 0.0722. The van der Waals surface area contributed by atoms with Crippen molar-refractivity contribution in [3.05, 3.63) is 0 Å². The maximum atomic E-state index is 12.0. The fourth-order valence-electron chi connectivity index (χ4n) is 6.65.